The van der Waals surface area contributed by atoms with Gasteiger partial charge in [-0.2, -0.15) is 0 Å². The maximum Gasteiger partial charge on any atom is 0.0994 e. The summed E-state index contributed by atoms with van der Waals surface area (Å²) in [5.41, 5.74) is 3.85. The van der Waals surface area contributed by atoms with Gasteiger partial charge in [-0.3, -0.25) is 0 Å². The van der Waals surface area contributed by atoms with Gasteiger partial charge in [0.25, 0.3) is 0 Å². The second kappa shape index (κ2) is 6.00. The lowest BCUT2D eigenvalue weighted by atomic mass is 9.78. The van der Waals surface area contributed by atoms with Gasteiger partial charge in [-0.25, -0.2) is 4.98 Å². The topological polar surface area (TPSA) is 39.1 Å². The largest absolute Gasteiger partial charge is 0.380 e. The van der Waals surface area contributed by atoms with Gasteiger partial charge in [0.15, 0.2) is 0 Å². The van der Waals surface area contributed by atoms with Crippen molar-refractivity contribution in [1.82, 2.24) is 14.9 Å². The van der Waals surface area contributed by atoms with E-state index in [1.807, 2.05) is 12.5 Å². The molecule has 1 aromatic heterocycles. The number of nitrogens with zero attached hydrogens (tertiary/aromatic N) is 2. The number of benzene rings is 1. The average molecular weight is 285 g/mol. The zero-order valence-corrected chi connectivity index (χ0v) is 12.8. The second-order valence-electron chi connectivity index (χ2n) is 6.06. The van der Waals surface area contributed by atoms with Gasteiger partial charge in [-0.1, -0.05) is 19.1 Å². The van der Waals surface area contributed by atoms with Gasteiger partial charge in [0.1, 0.15) is 0 Å². The molecule has 1 aliphatic heterocycles. The van der Waals surface area contributed by atoms with Crippen LogP contribution in [0.3, 0.4) is 0 Å². The van der Waals surface area contributed by atoms with E-state index < -0.39 is 0 Å². The summed E-state index contributed by atoms with van der Waals surface area (Å²) < 4.78 is 7.46. The Kier molecular flexibility index (Phi) is 4.08. The van der Waals surface area contributed by atoms with Gasteiger partial charge in [0, 0.05) is 30.1 Å². The zero-order chi connectivity index (χ0) is 14.7. The maximum absolute atomic E-state index is 5.23. The molecule has 1 N–H and O–H groups in total. The lowest BCUT2D eigenvalue weighted by Gasteiger charge is -2.34. The van der Waals surface area contributed by atoms with Crippen molar-refractivity contribution in [2.24, 2.45) is 0 Å². The van der Waals surface area contributed by atoms with Crippen molar-refractivity contribution in [3.05, 3.63) is 48.0 Å². The molecule has 0 amide bonds. The molecular weight excluding hydrogens is 262 g/mol. The summed E-state index contributed by atoms with van der Waals surface area (Å²) in [6.07, 6.45) is 6.25. The highest BCUT2D eigenvalue weighted by Gasteiger charge is 2.31. The molecule has 1 aliphatic rings. The predicted octanol–water partition coefficient (Wildman–Crippen LogP) is 2.66. The van der Waals surface area contributed by atoms with Crippen molar-refractivity contribution >= 4 is 0 Å². The first-order valence-corrected chi connectivity index (χ1v) is 7.55. The van der Waals surface area contributed by atoms with Crippen molar-refractivity contribution in [1.29, 1.82) is 0 Å². The van der Waals surface area contributed by atoms with E-state index in [1.165, 1.54) is 11.3 Å². The minimum absolute atomic E-state index is 0.193. The Bertz CT molecular complexity index is 600. The van der Waals surface area contributed by atoms with Crippen LogP contribution in [-0.2, 0) is 16.8 Å². The Hall–Kier alpha value is -1.65. The Morgan fingerprint density at radius 3 is 2.90 bits per heavy atom. The van der Waals surface area contributed by atoms with Gasteiger partial charge < -0.3 is 14.6 Å². The van der Waals surface area contributed by atoms with E-state index in [9.17, 15) is 0 Å². The first-order chi connectivity index (χ1) is 10.2. The van der Waals surface area contributed by atoms with E-state index in [-0.39, 0.29) is 5.41 Å². The predicted molar refractivity (Wildman–Crippen MR) is 83.7 cm³/mol. The zero-order valence-electron chi connectivity index (χ0n) is 12.8. The van der Waals surface area contributed by atoms with Gasteiger partial charge in [-0.05, 0) is 43.6 Å². The van der Waals surface area contributed by atoms with Crippen LogP contribution in [0.5, 0.6) is 0 Å². The Morgan fingerprint density at radius 1 is 1.33 bits per heavy atom. The molecule has 0 radical (unpaired) electrons. The number of methoxy groups -OCH3 is 1. The fraction of sp³-hybridized carbons (Fsp3) is 0.471. The van der Waals surface area contributed by atoms with Crippen LogP contribution < -0.4 is 5.32 Å². The number of hydrogen-bond acceptors (Lipinski definition) is 3. The molecule has 1 saturated heterocycles. The average Bonchev–Trinajstić information content (AvgIpc) is 2.99. The lowest BCUT2D eigenvalue weighted by molar-refractivity contribution is 0.185. The number of ether oxygens (including phenoxy) is 1. The molecule has 0 bridgehead atoms. The van der Waals surface area contributed by atoms with E-state index >= 15 is 0 Å². The van der Waals surface area contributed by atoms with Crippen LogP contribution in [0.2, 0.25) is 0 Å². The van der Waals surface area contributed by atoms with Gasteiger partial charge in [-0.15, -0.1) is 0 Å². The third-order valence-corrected chi connectivity index (χ3v) is 4.46. The summed E-state index contributed by atoms with van der Waals surface area (Å²) in [5, 5.41) is 3.44. The van der Waals surface area contributed by atoms with E-state index in [4.69, 9.17) is 4.74 Å². The highest BCUT2D eigenvalue weighted by atomic mass is 16.5. The quantitative estimate of drug-likeness (QED) is 0.938. The molecule has 1 aromatic carbocycles. The number of aromatic nitrogens is 2. The number of imidazole rings is 1. The smallest absolute Gasteiger partial charge is 0.0994 e. The maximum atomic E-state index is 5.23. The number of rotatable bonds is 4. The highest BCUT2D eigenvalue weighted by Crippen LogP contribution is 2.34. The molecule has 0 atom stereocenters. The molecule has 3 rings (SSSR count). The summed E-state index contributed by atoms with van der Waals surface area (Å²) in [6.45, 7) is 5.14. The molecule has 1 fully saturated rings. The number of piperidine rings is 1. The molecule has 2 heterocycles. The van der Waals surface area contributed by atoms with Crippen molar-refractivity contribution in [2.45, 2.75) is 31.8 Å². The van der Waals surface area contributed by atoms with Crippen LogP contribution in [0.15, 0.2) is 36.8 Å². The number of hydrogen-bond donors (Lipinski definition) is 1. The minimum atomic E-state index is 0.193. The van der Waals surface area contributed by atoms with Gasteiger partial charge in [0.05, 0.1) is 12.9 Å². The van der Waals surface area contributed by atoms with Crippen LogP contribution >= 0.6 is 0 Å². The molecule has 0 spiro atoms. The molecule has 0 saturated carbocycles. The Balaban J connectivity index is 1.96. The molecule has 21 heavy (non-hydrogen) atoms. The molecule has 2 aromatic rings. The van der Waals surface area contributed by atoms with E-state index in [0.29, 0.717) is 6.61 Å². The number of nitrogens with one attached hydrogen (secondary N) is 1. The molecule has 4 heteroatoms. The third kappa shape index (κ3) is 2.87. The van der Waals surface area contributed by atoms with Crippen molar-refractivity contribution < 1.29 is 4.74 Å². The Morgan fingerprint density at radius 2 is 2.14 bits per heavy atom. The highest BCUT2D eigenvalue weighted by molar-refractivity contribution is 5.38. The summed E-state index contributed by atoms with van der Waals surface area (Å²) in [6, 6.07) is 8.49. The van der Waals surface area contributed by atoms with Gasteiger partial charge >= 0.3 is 0 Å². The van der Waals surface area contributed by atoms with Crippen LogP contribution in [0.1, 0.15) is 31.0 Å². The van der Waals surface area contributed by atoms with Crippen LogP contribution in [0, 0.1) is 0 Å². The van der Waals surface area contributed by atoms with Crippen LogP contribution in [-0.4, -0.2) is 29.8 Å². The fourth-order valence-corrected chi connectivity index (χ4v) is 3.14. The molecule has 0 aliphatic carbocycles. The molecule has 0 unspecified atom stereocenters. The summed E-state index contributed by atoms with van der Waals surface area (Å²) in [7, 11) is 1.73. The minimum Gasteiger partial charge on any atom is -0.380 e. The SMILES string of the molecule is COCc1cccc(-n2cncc2C2(C)CCNCC2)c1. The third-order valence-electron chi connectivity index (χ3n) is 4.46. The normalized spacial score (nSPS) is 17.8. The van der Waals surface area contributed by atoms with Crippen LogP contribution in [0.4, 0.5) is 0 Å². The first-order valence-electron chi connectivity index (χ1n) is 7.55. The Labute approximate surface area is 126 Å². The summed E-state index contributed by atoms with van der Waals surface area (Å²) in [5.74, 6) is 0. The van der Waals surface area contributed by atoms with E-state index in [0.717, 1.165) is 31.6 Å². The molecular formula is C17H23N3O. The second-order valence-corrected chi connectivity index (χ2v) is 6.06. The van der Waals surface area contributed by atoms with E-state index in [1.54, 1.807) is 7.11 Å². The van der Waals surface area contributed by atoms with Crippen molar-refractivity contribution in [3.63, 3.8) is 0 Å². The fourth-order valence-electron chi connectivity index (χ4n) is 3.14. The monoisotopic (exact) mass is 285 g/mol. The van der Waals surface area contributed by atoms with Crippen molar-refractivity contribution in [2.75, 3.05) is 20.2 Å². The summed E-state index contributed by atoms with van der Waals surface area (Å²) in [4.78, 5) is 4.41. The van der Waals surface area contributed by atoms with Gasteiger partial charge in [0.2, 0.25) is 0 Å². The van der Waals surface area contributed by atoms with Crippen LogP contribution in [0.25, 0.3) is 5.69 Å². The summed E-state index contributed by atoms with van der Waals surface area (Å²) >= 11 is 0. The van der Waals surface area contributed by atoms with Crippen molar-refractivity contribution in [3.8, 4) is 5.69 Å². The lowest BCUT2D eigenvalue weighted by Crippen LogP contribution is -2.38. The standard InChI is InChI=1S/C17H23N3O/c1-17(6-8-18-9-7-17)16-11-19-13-20(16)15-5-3-4-14(10-15)12-21-2/h3-5,10-11,13,18H,6-9,12H2,1-2H3. The van der Waals surface area contributed by atoms with E-state index in [2.05, 4.69) is 46.1 Å². The first kappa shape index (κ1) is 14.3. The molecule has 4 nitrogen and oxygen atoms in total. The molecule has 112 valence electrons.